The van der Waals surface area contributed by atoms with Crippen LogP contribution in [0.1, 0.15) is 35.0 Å². The number of carbonyl (C=O) groups is 2. The van der Waals surface area contributed by atoms with Crippen molar-refractivity contribution in [3.63, 3.8) is 0 Å². The number of nitrogens with two attached hydrogens (primary N) is 2. The topological polar surface area (TPSA) is 135 Å². The molecule has 0 saturated carbocycles. The molecule has 4 N–H and O–H groups in total. The number of likely N-dealkylation sites (tertiary alicyclic amines) is 1. The zero-order valence-electron chi connectivity index (χ0n) is 16.9. The van der Waals surface area contributed by atoms with Crippen molar-refractivity contribution in [1.82, 2.24) is 9.88 Å². The molecule has 0 radical (unpaired) electrons. The lowest BCUT2D eigenvalue weighted by Crippen LogP contribution is -2.40. The molecule has 0 aliphatic carbocycles. The smallest absolute Gasteiger partial charge is 0.309 e. The van der Waals surface area contributed by atoms with E-state index in [9.17, 15) is 14.9 Å². The lowest BCUT2D eigenvalue weighted by atomic mass is 9.96. The average molecular weight is 456 g/mol. The maximum atomic E-state index is 13.2. The summed E-state index contributed by atoms with van der Waals surface area (Å²) in [7, 11) is 0. The number of ether oxygens (including phenoxy) is 1. The number of hydrogen-bond donors (Lipinski definition) is 2. The molecule has 0 unspecified atom stereocenters. The Morgan fingerprint density at radius 2 is 2.10 bits per heavy atom. The van der Waals surface area contributed by atoms with Gasteiger partial charge in [-0.25, -0.2) is 4.98 Å². The molecule has 1 amide bonds. The number of hydrogen-bond acceptors (Lipinski definition) is 9. The molecule has 3 aromatic rings. The standard InChI is InChI=1S/C21H21N5O3S2/c1-2-29-21(28)11-3-6-26(7-4-11)20(27)17-16(23)15-14(12-5-8-30-10-12)13(9-22)18(24)25-19(15)31-17/h5,8,10-11H,2-4,6-7,23H2,1H3,(H2,24,25). The highest BCUT2D eigenvalue weighted by atomic mass is 32.1. The summed E-state index contributed by atoms with van der Waals surface area (Å²) >= 11 is 2.68. The minimum absolute atomic E-state index is 0.117. The number of thiophene rings is 2. The maximum Gasteiger partial charge on any atom is 0.309 e. The summed E-state index contributed by atoms with van der Waals surface area (Å²) in [5.41, 5.74) is 14.5. The Bertz CT molecular complexity index is 1190. The Balaban J connectivity index is 1.69. The Kier molecular flexibility index (Phi) is 5.80. The molecule has 4 heterocycles. The van der Waals surface area contributed by atoms with Gasteiger partial charge < -0.3 is 21.1 Å². The first-order chi connectivity index (χ1) is 15.0. The summed E-state index contributed by atoms with van der Waals surface area (Å²) in [6.07, 6.45) is 1.11. The van der Waals surface area contributed by atoms with Crippen molar-refractivity contribution < 1.29 is 14.3 Å². The molecule has 10 heteroatoms. The SMILES string of the molecule is CCOC(=O)C1CCN(C(=O)c2sc3nc(N)c(C#N)c(-c4ccsc4)c3c2N)CC1. The van der Waals surface area contributed by atoms with E-state index in [1.54, 1.807) is 11.8 Å². The zero-order valence-corrected chi connectivity index (χ0v) is 18.5. The van der Waals surface area contributed by atoms with Crippen LogP contribution in [0, 0.1) is 17.2 Å². The third-order valence-electron chi connectivity index (χ3n) is 5.42. The molecule has 0 aromatic carbocycles. The predicted molar refractivity (Wildman–Crippen MR) is 122 cm³/mol. The lowest BCUT2D eigenvalue weighted by Gasteiger charge is -2.30. The number of esters is 1. The van der Waals surface area contributed by atoms with Crippen molar-refractivity contribution in [3.8, 4) is 17.2 Å². The number of nitriles is 1. The number of rotatable bonds is 4. The van der Waals surface area contributed by atoms with E-state index in [-0.39, 0.29) is 29.2 Å². The first kappa shape index (κ1) is 21.1. The van der Waals surface area contributed by atoms with Crippen molar-refractivity contribution in [1.29, 1.82) is 5.26 Å². The quantitative estimate of drug-likeness (QED) is 0.575. The van der Waals surface area contributed by atoms with Gasteiger partial charge in [-0.05, 0) is 42.2 Å². The number of amides is 1. The van der Waals surface area contributed by atoms with Gasteiger partial charge in [0, 0.05) is 24.0 Å². The lowest BCUT2D eigenvalue weighted by molar-refractivity contribution is -0.149. The maximum absolute atomic E-state index is 13.2. The second-order valence-electron chi connectivity index (χ2n) is 7.21. The molecule has 31 heavy (non-hydrogen) atoms. The minimum atomic E-state index is -0.208. The fourth-order valence-electron chi connectivity index (χ4n) is 3.86. The van der Waals surface area contributed by atoms with E-state index in [2.05, 4.69) is 11.1 Å². The Morgan fingerprint density at radius 1 is 1.35 bits per heavy atom. The Morgan fingerprint density at radius 3 is 2.71 bits per heavy atom. The van der Waals surface area contributed by atoms with Crippen molar-refractivity contribution in [2.45, 2.75) is 19.8 Å². The number of nitrogen functional groups attached to an aromatic ring is 2. The molecular weight excluding hydrogens is 434 g/mol. The largest absolute Gasteiger partial charge is 0.466 e. The van der Waals surface area contributed by atoms with E-state index in [0.29, 0.717) is 58.9 Å². The Hall–Kier alpha value is -3.16. The van der Waals surface area contributed by atoms with Gasteiger partial charge >= 0.3 is 5.97 Å². The third-order valence-corrected chi connectivity index (χ3v) is 7.19. The van der Waals surface area contributed by atoms with E-state index >= 15 is 0 Å². The van der Waals surface area contributed by atoms with E-state index < -0.39 is 0 Å². The van der Waals surface area contributed by atoms with E-state index in [1.807, 2.05) is 16.8 Å². The number of fused-ring (bicyclic) bond motifs is 1. The van der Waals surface area contributed by atoms with Gasteiger partial charge in [0.15, 0.2) is 0 Å². The van der Waals surface area contributed by atoms with Crippen molar-refractivity contribution in [2.75, 3.05) is 31.2 Å². The van der Waals surface area contributed by atoms with Crippen LogP contribution in [0.3, 0.4) is 0 Å². The number of carbonyl (C=O) groups excluding carboxylic acids is 2. The van der Waals surface area contributed by atoms with Crippen LogP contribution in [0.2, 0.25) is 0 Å². The summed E-state index contributed by atoms with van der Waals surface area (Å²) in [5, 5.41) is 14.1. The highest BCUT2D eigenvalue weighted by Gasteiger charge is 2.31. The first-order valence-corrected chi connectivity index (χ1v) is 11.6. The molecular formula is C21H21N5O3S2. The normalized spacial score (nSPS) is 14.5. The summed E-state index contributed by atoms with van der Waals surface area (Å²) < 4.78 is 5.10. The number of piperidine rings is 1. The van der Waals surface area contributed by atoms with Crippen LogP contribution < -0.4 is 11.5 Å². The van der Waals surface area contributed by atoms with Gasteiger partial charge in [-0.1, -0.05) is 0 Å². The van der Waals surface area contributed by atoms with Gasteiger partial charge in [0.1, 0.15) is 27.2 Å². The second kappa shape index (κ2) is 8.53. The van der Waals surface area contributed by atoms with Gasteiger partial charge in [0.25, 0.3) is 5.91 Å². The van der Waals surface area contributed by atoms with Crippen LogP contribution in [0.15, 0.2) is 16.8 Å². The van der Waals surface area contributed by atoms with Gasteiger partial charge in [0.05, 0.1) is 18.2 Å². The fraction of sp³-hybridized carbons (Fsp3) is 0.333. The van der Waals surface area contributed by atoms with Gasteiger partial charge in [-0.3, -0.25) is 9.59 Å². The monoisotopic (exact) mass is 455 g/mol. The number of anilines is 2. The molecule has 1 fully saturated rings. The van der Waals surface area contributed by atoms with Gasteiger partial charge in [-0.15, -0.1) is 11.3 Å². The summed E-state index contributed by atoms with van der Waals surface area (Å²) in [6.45, 7) is 3.03. The van der Waals surface area contributed by atoms with Crippen LogP contribution in [-0.4, -0.2) is 41.5 Å². The molecule has 8 nitrogen and oxygen atoms in total. The predicted octanol–water partition coefficient (Wildman–Crippen LogP) is 3.48. The molecule has 0 bridgehead atoms. The summed E-state index contributed by atoms with van der Waals surface area (Å²) in [6, 6.07) is 4.01. The number of aromatic nitrogens is 1. The third kappa shape index (κ3) is 3.71. The molecule has 0 atom stereocenters. The highest BCUT2D eigenvalue weighted by Crippen LogP contribution is 2.43. The van der Waals surface area contributed by atoms with Crippen LogP contribution in [-0.2, 0) is 9.53 Å². The Labute approximate surface area is 187 Å². The first-order valence-electron chi connectivity index (χ1n) is 9.86. The molecule has 1 aliphatic heterocycles. The van der Waals surface area contributed by atoms with Gasteiger partial charge in [0.2, 0.25) is 0 Å². The number of pyridine rings is 1. The van der Waals surface area contributed by atoms with E-state index in [1.165, 1.54) is 22.7 Å². The molecule has 0 spiro atoms. The summed E-state index contributed by atoms with van der Waals surface area (Å²) in [5.74, 6) is -0.475. The van der Waals surface area contributed by atoms with Crippen LogP contribution >= 0.6 is 22.7 Å². The van der Waals surface area contributed by atoms with Crippen LogP contribution in [0.25, 0.3) is 21.3 Å². The molecule has 1 aliphatic rings. The molecule has 4 rings (SSSR count). The second-order valence-corrected chi connectivity index (χ2v) is 8.99. The molecule has 160 valence electrons. The van der Waals surface area contributed by atoms with Crippen molar-refractivity contribution in [3.05, 3.63) is 27.3 Å². The zero-order chi connectivity index (χ0) is 22.1. The molecule has 1 saturated heterocycles. The fourth-order valence-corrected chi connectivity index (χ4v) is 5.59. The number of nitrogens with zero attached hydrogens (tertiary/aromatic N) is 3. The van der Waals surface area contributed by atoms with Gasteiger partial charge in [-0.2, -0.15) is 16.6 Å². The average Bonchev–Trinajstić information content (AvgIpc) is 3.41. The van der Waals surface area contributed by atoms with Crippen molar-refractivity contribution >= 4 is 56.3 Å². The highest BCUT2D eigenvalue weighted by molar-refractivity contribution is 7.21. The minimum Gasteiger partial charge on any atom is -0.466 e. The van der Waals surface area contributed by atoms with Crippen LogP contribution in [0.5, 0.6) is 0 Å². The summed E-state index contributed by atoms with van der Waals surface area (Å²) in [4.78, 5) is 32.2. The molecule has 3 aromatic heterocycles. The van der Waals surface area contributed by atoms with Crippen LogP contribution in [0.4, 0.5) is 11.5 Å². The van der Waals surface area contributed by atoms with E-state index in [4.69, 9.17) is 16.2 Å². The van der Waals surface area contributed by atoms with E-state index in [0.717, 1.165) is 5.56 Å². The van der Waals surface area contributed by atoms with Crippen molar-refractivity contribution in [2.24, 2.45) is 5.92 Å².